The van der Waals surface area contributed by atoms with Gasteiger partial charge < -0.3 is 9.15 Å². The van der Waals surface area contributed by atoms with Gasteiger partial charge in [0.2, 0.25) is 11.8 Å². The van der Waals surface area contributed by atoms with Gasteiger partial charge in [-0.3, -0.25) is 5.43 Å². The van der Waals surface area contributed by atoms with Gasteiger partial charge in [-0.25, -0.2) is 10.8 Å². The minimum absolute atomic E-state index is 0.312. The van der Waals surface area contributed by atoms with Gasteiger partial charge in [0, 0.05) is 12.3 Å². The number of aromatic nitrogens is 2. The van der Waals surface area contributed by atoms with Crippen molar-refractivity contribution in [3.05, 3.63) is 36.4 Å². The zero-order chi connectivity index (χ0) is 10.5. The van der Waals surface area contributed by atoms with E-state index >= 15 is 0 Å². The predicted molar refractivity (Wildman–Crippen MR) is 52.9 cm³/mol. The van der Waals surface area contributed by atoms with E-state index in [1.807, 2.05) is 6.07 Å². The summed E-state index contributed by atoms with van der Waals surface area (Å²) in [4.78, 5) is 7.83. The van der Waals surface area contributed by atoms with Crippen molar-refractivity contribution in [2.45, 2.75) is 6.61 Å². The van der Waals surface area contributed by atoms with E-state index in [1.54, 1.807) is 24.6 Å². The van der Waals surface area contributed by atoms with E-state index in [9.17, 15) is 0 Å². The summed E-state index contributed by atoms with van der Waals surface area (Å²) in [7, 11) is 0. The van der Waals surface area contributed by atoms with Crippen LogP contribution in [0.4, 0.5) is 5.95 Å². The normalized spacial score (nSPS) is 9.93. The Hall–Kier alpha value is -2.08. The molecule has 3 N–H and O–H groups in total. The van der Waals surface area contributed by atoms with Crippen molar-refractivity contribution in [1.82, 2.24) is 9.97 Å². The maximum atomic E-state index is 5.35. The molecule has 2 aromatic heterocycles. The second kappa shape index (κ2) is 4.43. The fourth-order valence-corrected chi connectivity index (χ4v) is 1.03. The molecule has 0 fully saturated rings. The zero-order valence-electron chi connectivity index (χ0n) is 7.88. The van der Waals surface area contributed by atoms with Crippen LogP contribution in [-0.4, -0.2) is 9.97 Å². The fraction of sp³-hybridized carbons (Fsp3) is 0.111. The lowest BCUT2D eigenvalue weighted by molar-refractivity contribution is 0.260. The molecular weight excluding hydrogens is 196 g/mol. The second-order valence-electron chi connectivity index (χ2n) is 2.73. The van der Waals surface area contributed by atoms with Gasteiger partial charge in [-0.1, -0.05) is 0 Å². The fourth-order valence-electron chi connectivity index (χ4n) is 1.03. The number of rotatable bonds is 4. The molecule has 0 saturated heterocycles. The molecule has 0 spiro atoms. The van der Waals surface area contributed by atoms with Crippen molar-refractivity contribution in [2.24, 2.45) is 5.84 Å². The summed E-state index contributed by atoms with van der Waals surface area (Å²) in [5.74, 6) is 6.64. The van der Waals surface area contributed by atoms with Crippen LogP contribution in [0.5, 0.6) is 5.88 Å². The van der Waals surface area contributed by atoms with Crippen LogP contribution in [0.3, 0.4) is 0 Å². The molecule has 78 valence electrons. The third kappa shape index (κ3) is 2.44. The number of hydrogen-bond acceptors (Lipinski definition) is 6. The van der Waals surface area contributed by atoms with Crippen LogP contribution in [0, 0.1) is 0 Å². The highest BCUT2D eigenvalue weighted by Gasteiger charge is 2.00. The van der Waals surface area contributed by atoms with Crippen molar-refractivity contribution in [3.63, 3.8) is 0 Å². The molecule has 0 amide bonds. The number of hydrazine groups is 1. The van der Waals surface area contributed by atoms with E-state index in [0.29, 0.717) is 18.4 Å². The largest absolute Gasteiger partial charge is 0.469 e. The molecule has 0 aliphatic heterocycles. The molecule has 0 atom stereocenters. The Labute approximate surface area is 86.1 Å². The molecule has 2 aromatic rings. The summed E-state index contributed by atoms with van der Waals surface area (Å²) in [5, 5.41) is 0. The van der Waals surface area contributed by atoms with Crippen molar-refractivity contribution < 1.29 is 9.15 Å². The first-order valence-electron chi connectivity index (χ1n) is 4.33. The van der Waals surface area contributed by atoms with Gasteiger partial charge in [0.15, 0.2) is 0 Å². The molecule has 0 unspecified atom stereocenters. The second-order valence-corrected chi connectivity index (χ2v) is 2.73. The first kappa shape index (κ1) is 9.47. The van der Waals surface area contributed by atoms with Crippen molar-refractivity contribution in [2.75, 3.05) is 5.43 Å². The molecule has 0 aliphatic rings. The molecule has 2 rings (SSSR count). The monoisotopic (exact) mass is 206 g/mol. The van der Waals surface area contributed by atoms with Gasteiger partial charge in [0.25, 0.3) is 0 Å². The first-order valence-corrected chi connectivity index (χ1v) is 4.33. The topological polar surface area (TPSA) is 86.2 Å². The van der Waals surface area contributed by atoms with Gasteiger partial charge in [-0.05, 0) is 12.1 Å². The van der Waals surface area contributed by atoms with Gasteiger partial charge in [-0.2, -0.15) is 4.98 Å². The van der Waals surface area contributed by atoms with Crippen LogP contribution in [0.25, 0.3) is 0 Å². The van der Waals surface area contributed by atoms with E-state index in [1.165, 1.54) is 0 Å². The van der Waals surface area contributed by atoms with Gasteiger partial charge in [-0.15, -0.1) is 0 Å². The van der Waals surface area contributed by atoms with Crippen LogP contribution >= 0.6 is 0 Å². The Balaban J connectivity index is 1.98. The maximum Gasteiger partial charge on any atom is 0.240 e. The quantitative estimate of drug-likeness (QED) is 0.571. The van der Waals surface area contributed by atoms with Gasteiger partial charge >= 0.3 is 0 Å². The molecule has 0 aliphatic carbocycles. The number of nitrogens with two attached hydrogens (primary N) is 1. The minimum Gasteiger partial charge on any atom is -0.469 e. The van der Waals surface area contributed by atoms with Crippen LogP contribution in [0.2, 0.25) is 0 Å². The first-order chi connectivity index (χ1) is 7.38. The number of nitrogen functional groups attached to an aromatic ring is 1. The van der Waals surface area contributed by atoms with Crippen molar-refractivity contribution in [3.8, 4) is 5.88 Å². The summed E-state index contributed by atoms with van der Waals surface area (Å²) >= 11 is 0. The van der Waals surface area contributed by atoms with E-state index < -0.39 is 0 Å². The van der Waals surface area contributed by atoms with Gasteiger partial charge in [0.05, 0.1) is 6.26 Å². The molecule has 0 bridgehead atoms. The number of ether oxygens (including phenoxy) is 1. The van der Waals surface area contributed by atoms with Crippen molar-refractivity contribution >= 4 is 5.95 Å². The van der Waals surface area contributed by atoms with E-state index in [0.717, 1.165) is 5.76 Å². The lowest BCUT2D eigenvalue weighted by Gasteiger charge is -2.03. The summed E-state index contributed by atoms with van der Waals surface area (Å²) in [5.41, 5.74) is 2.33. The molecule has 6 heteroatoms. The lowest BCUT2D eigenvalue weighted by atomic mass is 10.5. The lowest BCUT2D eigenvalue weighted by Crippen LogP contribution is -2.10. The van der Waals surface area contributed by atoms with Gasteiger partial charge in [0.1, 0.15) is 12.4 Å². The number of hydrogen-bond donors (Lipinski definition) is 2. The zero-order valence-corrected chi connectivity index (χ0v) is 7.88. The third-order valence-corrected chi connectivity index (χ3v) is 1.70. The predicted octanol–water partition coefficient (Wildman–Crippen LogP) is 0.934. The number of furan rings is 1. The Morgan fingerprint density at radius 2 is 2.40 bits per heavy atom. The van der Waals surface area contributed by atoms with Crippen LogP contribution in [0.1, 0.15) is 5.76 Å². The van der Waals surface area contributed by atoms with E-state index in [2.05, 4.69) is 15.4 Å². The minimum atomic E-state index is 0.312. The van der Waals surface area contributed by atoms with E-state index in [4.69, 9.17) is 15.0 Å². The molecule has 15 heavy (non-hydrogen) atoms. The number of anilines is 1. The Bertz CT molecular complexity index is 416. The molecular formula is C9H10N4O2. The summed E-state index contributed by atoms with van der Waals surface area (Å²) in [6.45, 7) is 0.327. The number of nitrogens with one attached hydrogen (secondary N) is 1. The molecule has 2 heterocycles. The molecule has 0 saturated carbocycles. The highest BCUT2D eigenvalue weighted by atomic mass is 16.5. The summed E-state index contributed by atoms with van der Waals surface area (Å²) in [6, 6.07) is 5.26. The smallest absolute Gasteiger partial charge is 0.240 e. The highest BCUT2D eigenvalue weighted by molar-refractivity contribution is 5.25. The third-order valence-electron chi connectivity index (χ3n) is 1.70. The average molecular weight is 206 g/mol. The maximum absolute atomic E-state index is 5.35. The van der Waals surface area contributed by atoms with Crippen molar-refractivity contribution in [1.29, 1.82) is 0 Å². The summed E-state index contributed by atoms with van der Waals surface area (Å²) < 4.78 is 10.5. The Morgan fingerprint density at radius 3 is 3.13 bits per heavy atom. The Morgan fingerprint density at radius 1 is 1.47 bits per heavy atom. The number of nitrogens with zero attached hydrogens (tertiary/aromatic N) is 2. The van der Waals surface area contributed by atoms with Crippen LogP contribution in [0.15, 0.2) is 35.1 Å². The molecule has 6 nitrogen and oxygen atoms in total. The van der Waals surface area contributed by atoms with Crippen LogP contribution in [-0.2, 0) is 6.61 Å². The van der Waals surface area contributed by atoms with E-state index in [-0.39, 0.29) is 0 Å². The standard InChI is InChI=1S/C9H10N4O2/c10-13-9-11-4-3-8(12-9)15-6-7-2-1-5-14-7/h1-5H,6,10H2,(H,11,12,13). The SMILES string of the molecule is NNc1nccc(OCc2ccco2)n1. The average Bonchev–Trinajstić information content (AvgIpc) is 2.79. The molecule has 0 aromatic carbocycles. The van der Waals surface area contributed by atoms with Crippen LogP contribution < -0.4 is 16.0 Å². The Kier molecular flexibility index (Phi) is 2.80. The summed E-state index contributed by atoms with van der Waals surface area (Å²) in [6.07, 6.45) is 3.14. The highest BCUT2D eigenvalue weighted by Crippen LogP contribution is 2.10. The molecule has 0 radical (unpaired) electrons.